The maximum atomic E-state index is 12.4. The minimum atomic E-state index is -0.404. The fourth-order valence-corrected chi connectivity index (χ4v) is 4.52. The average Bonchev–Trinajstić information content (AvgIpc) is 3.34. The predicted molar refractivity (Wildman–Crippen MR) is 122 cm³/mol. The molecule has 7 nitrogen and oxygen atoms in total. The molecule has 1 atom stereocenters. The Morgan fingerprint density at radius 3 is 2.61 bits per heavy atom. The molecule has 0 spiro atoms. The van der Waals surface area contributed by atoms with Crippen LogP contribution in [0.25, 0.3) is 0 Å². The van der Waals surface area contributed by atoms with Gasteiger partial charge in [-0.2, -0.15) is 0 Å². The number of anilines is 2. The molecule has 2 aromatic carbocycles. The lowest BCUT2D eigenvalue weighted by Crippen LogP contribution is -2.24. The van der Waals surface area contributed by atoms with Crippen molar-refractivity contribution in [2.45, 2.75) is 12.3 Å². The van der Waals surface area contributed by atoms with Crippen LogP contribution in [0.15, 0.2) is 42.5 Å². The zero-order chi connectivity index (χ0) is 22.0. The van der Waals surface area contributed by atoms with Crippen molar-refractivity contribution in [1.82, 2.24) is 10.2 Å². The van der Waals surface area contributed by atoms with Crippen LogP contribution in [-0.4, -0.2) is 35.2 Å². The van der Waals surface area contributed by atoms with E-state index in [1.54, 1.807) is 41.3 Å². The average molecular weight is 498 g/mol. The molecule has 0 radical (unpaired) electrons. The number of ether oxygens (including phenoxy) is 1. The summed E-state index contributed by atoms with van der Waals surface area (Å²) in [6.07, 6.45) is 0.323. The van der Waals surface area contributed by atoms with Crippen LogP contribution >= 0.6 is 46.1 Å². The molecule has 1 saturated heterocycles. The SMILES string of the molecule is O=C(COc1ccc(Cl)cc1Cl)Nc1nnc(C2CC(=O)N(c3ccc(Cl)cc3)C2)s1. The molecule has 160 valence electrons. The van der Waals surface area contributed by atoms with Crippen molar-refractivity contribution in [2.24, 2.45) is 0 Å². The molecular formula is C20H15Cl3N4O3S. The number of rotatable bonds is 6. The monoisotopic (exact) mass is 496 g/mol. The largest absolute Gasteiger partial charge is 0.482 e. The van der Waals surface area contributed by atoms with E-state index in [1.165, 1.54) is 17.4 Å². The van der Waals surface area contributed by atoms with Crippen LogP contribution in [0.1, 0.15) is 17.3 Å². The van der Waals surface area contributed by atoms with E-state index in [9.17, 15) is 9.59 Å². The summed E-state index contributed by atoms with van der Waals surface area (Å²) in [6, 6.07) is 11.8. The van der Waals surface area contributed by atoms with E-state index in [2.05, 4.69) is 15.5 Å². The number of benzene rings is 2. The summed E-state index contributed by atoms with van der Waals surface area (Å²) in [5.74, 6) is -0.151. The van der Waals surface area contributed by atoms with Crippen LogP contribution in [-0.2, 0) is 9.59 Å². The number of hydrogen-bond acceptors (Lipinski definition) is 6. The van der Waals surface area contributed by atoms with Crippen molar-refractivity contribution in [3.63, 3.8) is 0 Å². The Kier molecular flexibility index (Phi) is 6.62. The van der Waals surface area contributed by atoms with E-state index < -0.39 is 5.91 Å². The van der Waals surface area contributed by atoms with Crippen LogP contribution in [0.3, 0.4) is 0 Å². The highest BCUT2D eigenvalue weighted by Gasteiger charge is 2.34. The van der Waals surface area contributed by atoms with Crippen molar-refractivity contribution in [3.8, 4) is 5.75 Å². The smallest absolute Gasteiger partial charge is 0.264 e. The molecule has 11 heteroatoms. The van der Waals surface area contributed by atoms with Gasteiger partial charge in [0, 0.05) is 34.6 Å². The highest BCUT2D eigenvalue weighted by Crippen LogP contribution is 2.34. The summed E-state index contributed by atoms with van der Waals surface area (Å²) in [5, 5.41) is 13.2. The van der Waals surface area contributed by atoms with Gasteiger partial charge in [-0.3, -0.25) is 14.9 Å². The Hall–Kier alpha value is -2.39. The first kappa shape index (κ1) is 21.8. The van der Waals surface area contributed by atoms with Crippen LogP contribution in [0, 0.1) is 0 Å². The van der Waals surface area contributed by atoms with E-state index in [0.29, 0.717) is 43.9 Å². The van der Waals surface area contributed by atoms with Crippen molar-refractivity contribution in [1.29, 1.82) is 0 Å². The summed E-state index contributed by atoms with van der Waals surface area (Å²) in [6.45, 7) is 0.240. The van der Waals surface area contributed by atoms with Gasteiger partial charge >= 0.3 is 0 Å². The highest BCUT2D eigenvalue weighted by molar-refractivity contribution is 7.15. The number of aromatic nitrogens is 2. The second kappa shape index (κ2) is 9.40. The van der Waals surface area contributed by atoms with Crippen molar-refractivity contribution >= 4 is 68.8 Å². The first-order valence-electron chi connectivity index (χ1n) is 9.16. The highest BCUT2D eigenvalue weighted by atomic mass is 35.5. The molecule has 1 aliphatic rings. The van der Waals surface area contributed by atoms with Crippen LogP contribution in [0.5, 0.6) is 5.75 Å². The van der Waals surface area contributed by atoms with Crippen molar-refractivity contribution in [3.05, 3.63) is 62.5 Å². The second-order valence-corrected chi connectivity index (χ2v) is 9.03. The first-order chi connectivity index (χ1) is 14.9. The van der Waals surface area contributed by atoms with Gasteiger partial charge in [0.15, 0.2) is 6.61 Å². The van der Waals surface area contributed by atoms with E-state index in [-0.39, 0.29) is 18.4 Å². The molecule has 0 bridgehead atoms. The molecule has 4 rings (SSSR count). The number of nitrogens with one attached hydrogen (secondary N) is 1. The van der Waals surface area contributed by atoms with E-state index in [0.717, 1.165) is 5.69 Å². The first-order valence-corrected chi connectivity index (χ1v) is 11.1. The summed E-state index contributed by atoms with van der Waals surface area (Å²) in [7, 11) is 0. The van der Waals surface area contributed by atoms with Crippen LogP contribution in [0.2, 0.25) is 15.1 Å². The Morgan fingerprint density at radius 1 is 1.13 bits per heavy atom. The summed E-state index contributed by atoms with van der Waals surface area (Å²) in [5.41, 5.74) is 0.785. The number of halogens is 3. The van der Waals surface area contributed by atoms with Gasteiger partial charge in [-0.25, -0.2) is 0 Å². The maximum absolute atomic E-state index is 12.4. The lowest BCUT2D eigenvalue weighted by atomic mass is 10.1. The van der Waals surface area contributed by atoms with Gasteiger partial charge in [0.05, 0.1) is 5.02 Å². The molecule has 31 heavy (non-hydrogen) atoms. The third kappa shape index (κ3) is 5.27. The van der Waals surface area contributed by atoms with Crippen LogP contribution < -0.4 is 15.0 Å². The molecular weight excluding hydrogens is 483 g/mol. The molecule has 2 amide bonds. The third-order valence-electron chi connectivity index (χ3n) is 4.55. The molecule has 1 aromatic heterocycles. The van der Waals surface area contributed by atoms with Gasteiger partial charge in [0.1, 0.15) is 10.8 Å². The Bertz CT molecular complexity index is 1120. The van der Waals surface area contributed by atoms with Crippen molar-refractivity contribution in [2.75, 3.05) is 23.4 Å². The van der Waals surface area contributed by atoms with E-state index >= 15 is 0 Å². The maximum Gasteiger partial charge on any atom is 0.264 e. The van der Waals surface area contributed by atoms with Crippen LogP contribution in [0.4, 0.5) is 10.8 Å². The molecule has 1 N–H and O–H groups in total. The summed E-state index contributed by atoms with van der Waals surface area (Å²) in [4.78, 5) is 26.3. The third-order valence-corrected chi connectivity index (χ3v) is 6.34. The van der Waals surface area contributed by atoms with Gasteiger partial charge in [-0.05, 0) is 42.5 Å². The fraction of sp³-hybridized carbons (Fsp3) is 0.200. The van der Waals surface area contributed by atoms with Gasteiger partial charge in [-0.15, -0.1) is 10.2 Å². The molecule has 2 heterocycles. The molecule has 3 aromatic rings. The molecule has 0 saturated carbocycles. The van der Waals surface area contributed by atoms with Crippen molar-refractivity contribution < 1.29 is 14.3 Å². The normalized spacial score (nSPS) is 15.9. The number of carbonyl (C=O) groups is 2. The number of hydrogen-bond donors (Lipinski definition) is 1. The number of nitrogens with zero attached hydrogens (tertiary/aromatic N) is 3. The Morgan fingerprint density at radius 2 is 1.87 bits per heavy atom. The Labute approximate surface area is 196 Å². The van der Waals surface area contributed by atoms with E-state index in [1.807, 2.05) is 0 Å². The Balaban J connectivity index is 1.34. The quantitative estimate of drug-likeness (QED) is 0.516. The predicted octanol–water partition coefficient (Wildman–Crippen LogP) is 5.04. The molecule has 1 unspecified atom stereocenters. The second-order valence-electron chi connectivity index (χ2n) is 6.74. The zero-order valence-corrected chi connectivity index (χ0v) is 18.9. The zero-order valence-electron chi connectivity index (χ0n) is 15.8. The molecule has 1 aliphatic heterocycles. The fourth-order valence-electron chi connectivity index (χ4n) is 3.08. The molecule has 1 fully saturated rings. The lowest BCUT2D eigenvalue weighted by Gasteiger charge is -2.16. The molecule has 0 aliphatic carbocycles. The van der Waals surface area contributed by atoms with Gasteiger partial charge in [0.2, 0.25) is 11.0 Å². The minimum absolute atomic E-state index is 0.00125. The van der Waals surface area contributed by atoms with E-state index in [4.69, 9.17) is 39.5 Å². The summed E-state index contributed by atoms with van der Waals surface area (Å²) < 4.78 is 5.41. The summed E-state index contributed by atoms with van der Waals surface area (Å²) >= 11 is 19.0. The number of carbonyl (C=O) groups excluding carboxylic acids is 2. The topological polar surface area (TPSA) is 84.4 Å². The number of amides is 2. The minimum Gasteiger partial charge on any atom is -0.482 e. The lowest BCUT2D eigenvalue weighted by molar-refractivity contribution is -0.118. The standard InChI is InChI=1S/C20H15Cl3N4O3S/c21-12-1-4-14(5-2-12)27-9-11(7-18(27)29)19-25-26-20(31-19)24-17(28)10-30-16-6-3-13(22)8-15(16)23/h1-6,8,11H,7,9-10H2,(H,24,26,28). The van der Waals surface area contributed by atoms with Gasteiger partial charge in [0.25, 0.3) is 5.91 Å². The van der Waals surface area contributed by atoms with Gasteiger partial charge < -0.3 is 9.64 Å². The van der Waals surface area contributed by atoms with Gasteiger partial charge in [-0.1, -0.05) is 46.1 Å².